The Bertz CT molecular complexity index is 871. The fraction of sp³-hybridized carbons (Fsp3) is 0.333. The van der Waals surface area contributed by atoms with Crippen LogP contribution in [0.25, 0.3) is 0 Å². The van der Waals surface area contributed by atoms with E-state index in [4.69, 9.17) is 0 Å². The number of aryl methyl sites for hydroxylation is 1. The quantitative estimate of drug-likeness (QED) is 0.921. The van der Waals surface area contributed by atoms with Crippen molar-refractivity contribution in [1.82, 2.24) is 9.88 Å². The molecule has 2 rings (SSSR count). The van der Waals surface area contributed by atoms with Crippen LogP contribution >= 0.6 is 0 Å². The molecule has 0 atom stereocenters. The van der Waals surface area contributed by atoms with Gasteiger partial charge in [0.2, 0.25) is 17.2 Å². The Morgan fingerprint density at radius 1 is 1.17 bits per heavy atom. The number of pyridine rings is 1. The van der Waals surface area contributed by atoms with Crippen LogP contribution < -0.4 is 5.56 Å². The molecule has 0 saturated heterocycles. The zero-order valence-corrected chi connectivity index (χ0v) is 14.4. The highest BCUT2D eigenvalue weighted by Crippen LogP contribution is 2.32. The van der Waals surface area contributed by atoms with E-state index in [-0.39, 0.29) is 34.5 Å². The third-order valence-corrected chi connectivity index (χ3v) is 3.90. The summed E-state index contributed by atoms with van der Waals surface area (Å²) in [6, 6.07) is 0.942. The summed E-state index contributed by atoms with van der Waals surface area (Å²) in [4.78, 5) is 53.5. The molecule has 126 valence electrons. The SMILES string of the molecule is C=C(C)C1=C(N(C(C)=O)C(C)C)C(=O)c2[nH]c(=O)cc(C)c2C1=O. The number of amides is 1. The third-order valence-electron chi connectivity index (χ3n) is 3.90. The molecule has 1 aliphatic rings. The van der Waals surface area contributed by atoms with Gasteiger partial charge in [0, 0.05) is 19.0 Å². The number of Topliss-reactive ketones (excluding diaryl/α,β-unsaturated/α-hetero) is 2. The lowest BCUT2D eigenvalue weighted by Crippen LogP contribution is -2.42. The van der Waals surface area contributed by atoms with Gasteiger partial charge in [-0.25, -0.2) is 0 Å². The maximum atomic E-state index is 13.0. The summed E-state index contributed by atoms with van der Waals surface area (Å²) >= 11 is 0. The molecule has 6 nitrogen and oxygen atoms in total. The standard InChI is InChI=1S/C18H20N2O4/c1-8(2)13-16(20(9(3)4)11(6)21)18(24)15-14(17(13)23)10(5)7-12(22)19-15/h7,9H,1H2,2-6H3,(H,19,22). The summed E-state index contributed by atoms with van der Waals surface area (Å²) in [5, 5.41) is 0. The second-order valence-electron chi connectivity index (χ2n) is 6.21. The normalized spacial score (nSPS) is 14.1. The van der Waals surface area contributed by atoms with Gasteiger partial charge in [-0.15, -0.1) is 0 Å². The minimum absolute atomic E-state index is 0.0243. The molecule has 1 aromatic rings. The van der Waals surface area contributed by atoms with Gasteiger partial charge in [0.15, 0.2) is 5.78 Å². The molecule has 24 heavy (non-hydrogen) atoms. The van der Waals surface area contributed by atoms with Crippen molar-refractivity contribution in [3.8, 4) is 0 Å². The first kappa shape index (κ1) is 17.6. The molecule has 0 unspecified atom stereocenters. The van der Waals surface area contributed by atoms with Gasteiger partial charge in [-0.2, -0.15) is 0 Å². The van der Waals surface area contributed by atoms with Crippen LogP contribution in [0, 0.1) is 6.92 Å². The summed E-state index contributed by atoms with van der Waals surface area (Å²) in [7, 11) is 0. The number of carbonyl (C=O) groups is 3. The van der Waals surface area contributed by atoms with Crippen molar-refractivity contribution in [2.45, 2.75) is 40.7 Å². The van der Waals surface area contributed by atoms with Crippen molar-refractivity contribution in [2.24, 2.45) is 0 Å². The summed E-state index contributed by atoms with van der Waals surface area (Å²) in [5.74, 6) is -1.32. The molecule has 0 radical (unpaired) electrons. The number of nitrogens with zero attached hydrogens (tertiary/aromatic N) is 1. The number of hydrogen-bond donors (Lipinski definition) is 1. The fourth-order valence-corrected chi connectivity index (χ4v) is 3.02. The first-order chi connectivity index (χ1) is 11.1. The molecule has 0 bridgehead atoms. The fourth-order valence-electron chi connectivity index (χ4n) is 3.02. The highest BCUT2D eigenvalue weighted by molar-refractivity contribution is 6.28. The number of nitrogens with one attached hydrogen (secondary N) is 1. The van der Waals surface area contributed by atoms with Crippen LogP contribution in [0.1, 0.15) is 54.1 Å². The predicted molar refractivity (Wildman–Crippen MR) is 90.0 cm³/mol. The van der Waals surface area contributed by atoms with E-state index in [1.165, 1.54) is 17.9 Å². The number of aromatic amines is 1. The Labute approximate surface area is 139 Å². The van der Waals surface area contributed by atoms with Gasteiger partial charge in [-0.3, -0.25) is 19.2 Å². The average Bonchev–Trinajstić information content (AvgIpc) is 2.42. The number of ketones is 2. The monoisotopic (exact) mass is 328 g/mol. The maximum Gasteiger partial charge on any atom is 0.248 e. The van der Waals surface area contributed by atoms with E-state index in [0.29, 0.717) is 11.1 Å². The molecule has 0 fully saturated rings. The summed E-state index contributed by atoms with van der Waals surface area (Å²) in [5.41, 5.74) is 0.528. The predicted octanol–water partition coefficient (Wildman–Crippen LogP) is 2.15. The number of allylic oxidation sites excluding steroid dienone is 3. The zero-order valence-electron chi connectivity index (χ0n) is 14.4. The van der Waals surface area contributed by atoms with E-state index in [1.807, 2.05) is 0 Å². The minimum Gasteiger partial charge on any atom is -0.318 e. The summed E-state index contributed by atoms with van der Waals surface area (Å²) in [6.45, 7) is 11.8. The largest absolute Gasteiger partial charge is 0.318 e. The van der Waals surface area contributed by atoms with Gasteiger partial charge in [0.25, 0.3) is 0 Å². The van der Waals surface area contributed by atoms with E-state index in [0.717, 1.165) is 0 Å². The van der Waals surface area contributed by atoms with Crippen molar-refractivity contribution in [2.75, 3.05) is 0 Å². The highest BCUT2D eigenvalue weighted by Gasteiger charge is 2.39. The molecule has 0 aliphatic heterocycles. The summed E-state index contributed by atoms with van der Waals surface area (Å²) < 4.78 is 0. The second kappa shape index (κ2) is 6.03. The number of H-pyrrole nitrogens is 1. The van der Waals surface area contributed by atoms with Gasteiger partial charge < -0.3 is 9.88 Å². The minimum atomic E-state index is -0.549. The lowest BCUT2D eigenvalue weighted by molar-refractivity contribution is -0.128. The van der Waals surface area contributed by atoms with Gasteiger partial charge in [-0.1, -0.05) is 6.58 Å². The Morgan fingerprint density at radius 3 is 2.21 bits per heavy atom. The van der Waals surface area contributed by atoms with Gasteiger partial charge >= 0.3 is 0 Å². The third kappa shape index (κ3) is 2.64. The van der Waals surface area contributed by atoms with Crippen molar-refractivity contribution in [3.63, 3.8) is 0 Å². The Hall–Kier alpha value is -2.76. The molecular weight excluding hydrogens is 308 g/mol. The number of rotatable bonds is 3. The van der Waals surface area contributed by atoms with E-state index < -0.39 is 17.1 Å². The topological polar surface area (TPSA) is 87.3 Å². The first-order valence-electron chi connectivity index (χ1n) is 7.61. The number of aromatic nitrogens is 1. The Kier molecular flexibility index (Phi) is 4.42. The summed E-state index contributed by atoms with van der Waals surface area (Å²) in [6.07, 6.45) is 0. The van der Waals surface area contributed by atoms with Crippen molar-refractivity contribution < 1.29 is 14.4 Å². The van der Waals surface area contributed by atoms with Gasteiger partial charge in [-0.05, 0) is 38.8 Å². The smallest absolute Gasteiger partial charge is 0.248 e. The van der Waals surface area contributed by atoms with Crippen LogP contribution in [-0.2, 0) is 4.79 Å². The zero-order chi connectivity index (χ0) is 18.3. The van der Waals surface area contributed by atoms with Crippen molar-refractivity contribution in [1.29, 1.82) is 0 Å². The Balaban J connectivity index is 2.90. The number of fused-ring (bicyclic) bond motifs is 1. The van der Waals surface area contributed by atoms with Crippen LogP contribution in [0.2, 0.25) is 0 Å². The van der Waals surface area contributed by atoms with Gasteiger partial charge in [0.1, 0.15) is 11.4 Å². The molecule has 0 saturated carbocycles. The van der Waals surface area contributed by atoms with Crippen LogP contribution in [0.15, 0.2) is 34.3 Å². The number of carbonyl (C=O) groups excluding carboxylic acids is 3. The lowest BCUT2D eigenvalue weighted by Gasteiger charge is -2.32. The van der Waals surface area contributed by atoms with Crippen LogP contribution in [0.5, 0.6) is 0 Å². The first-order valence-corrected chi connectivity index (χ1v) is 7.61. The molecule has 1 amide bonds. The van der Waals surface area contributed by atoms with E-state index in [2.05, 4.69) is 11.6 Å². The lowest BCUT2D eigenvalue weighted by atomic mass is 9.84. The average molecular weight is 328 g/mol. The number of hydrogen-bond acceptors (Lipinski definition) is 4. The van der Waals surface area contributed by atoms with E-state index >= 15 is 0 Å². The molecule has 0 aromatic carbocycles. The van der Waals surface area contributed by atoms with Crippen LogP contribution in [0.4, 0.5) is 0 Å². The molecule has 6 heteroatoms. The van der Waals surface area contributed by atoms with E-state index in [1.54, 1.807) is 27.7 Å². The molecule has 1 N–H and O–H groups in total. The highest BCUT2D eigenvalue weighted by atomic mass is 16.2. The van der Waals surface area contributed by atoms with Crippen LogP contribution in [0.3, 0.4) is 0 Å². The molecule has 1 heterocycles. The van der Waals surface area contributed by atoms with Crippen molar-refractivity contribution >= 4 is 17.5 Å². The molecule has 1 aliphatic carbocycles. The maximum absolute atomic E-state index is 13.0. The molecule has 1 aromatic heterocycles. The van der Waals surface area contributed by atoms with E-state index in [9.17, 15) is 19.2 Å². The molecular formula is C18H20N2O4. The van der Waals surface area contributed by atoms with Crippen molar-refractivity contribution in [3.05, 3.63) is 56.7 Å². The molecule has 0 spiro atoms. The second-order valence-corrected chi connectivity index (χ2v) is 6.21. The Morgan fingerprint density at radius 2 is 1.75 bits per heavy atom. The van der Waals surface area contributed by atoms with Crippen LogP contribution in [-0.4, -0.2) is 33.4 Å². The van der Waals surface area contributed by atoms with Gasteiger partial charge in [0.05, 0.1) is 11.1 Å².